The van der Waals surface area contributed by atoms with Crippen molar-refractivity contribution >= 4 is 45.8 Å². The lowest BCUT2D eigenvalue weighted by atomic mass is 10.1. The van der Waals surface area contributed by atoms with Gasteiger partial charge in [-0.2, -0.15) is 0 Å². The van der Waals surface area contributed by atoms with Crippen molar-refractivity contribution in [3.8, 4) is 11.5 Å². The van der Waals surface area contributed by atoms with E-state index in [9.17, 15) is 14.4 Å². The van der Waals surface area contributed by atoms with Crippen LogP contribution in [0.2, 0.25) is 0 Å². The molecule has 1 saturated heterocycles. The van der Waals surface area contributed by atoms with Crippen LogP contribution in [0.4, 0.5) is 5.69 Å². The Morgan fingerprint density at radius 2 is 1.76 bits per heavy atom. The van der Waals surface area contributed by atoms with Crippen LogP contribution in [0, 0.1) is 6.92 Å². The summed E-state index contributed by atoms with van der Waals surface area (Å²) in [6.07, 6.45) is -0.0747. The van der Waals surface area contributed by atoms with Crippen molar-refractivity contribution in [2.75, 3.05) is 4.90 Å². The Hall–Kier alpha value is -4.56. The summed E-state index contributed by atoms with van der Waals surface area (Å²) in [6, 6.07) is 24.6. The maximum Gasteiger partial charge on any atom is 0.257 e. The average molecular weight is 522 g/mol. The van der Waals surface area contributed by atoms with Crippen LogP contribution in [0.15, 0.2) is 94.7 Å². The Morgan fingerprint density at radius 3 is 2.47 bits per heavy atom. The smallest absolute Gasteiger partial charge is 0.257 e. The van der Waals surface area contributed by atoms with E-state index in [0.717, 1.165) is 21.5 Å². The van der Waals surface area contributed by atoms with Crippen molar-refractivity contribution < 1.29 is 18.8 Å². The van der Waals surface area contributed by atoms with Gasteiger partial charge in [0.2, 0.25) is 11.8 Å². The fourth-order valence-electron chi connectivity index (χ4n) is 4.64. The van der Waals surface area contributed by atoms with Crippen LogP contribution in [0.1, 0.15) is 27.2 Å². The maximum atomic E-state index is 13.6. The summed E-state index contributed by atoms with van der Waals surface area (Å²) in [5, 5.41) is 1.93. The third-order valence-corrected chi connectivity index (χ3v) is 7.49. The summed E-state index contributed by atoms with van der Waals surface area (Å²) in [5.41, 5.74) is 4.13. The number of imide groups is 1. The van der Waals surface area contributed by atoms with Gasteiger partial charge in [-0.3, -0.25) is 14.4 Å². The highest BCUT2D eigenvalue weighted by molar-refractivity contribution is 7.09. The molecule has 1 atom stereocenters. The third kappa shape index (κ3) is 4.39. The number of hydrogen-bond acceptors (Lipinski definition) is 6. The third-order valence-electron chi connectivity index (χ3n) is 6.63. The van der Waals surface area contributed by atoms with Crippen LogP contribution >= 0.6 is 11.3 Å². The first-order valence-electron chi connectivity index (χ1n) is 12.2. The van der Waals surface area contributed by atoms with E-state index >= 15 is 0 Å². The minimum absolute atomic E-state index is 0.0747. The van der Waals surface area contributed by atoms with Gasteiger partial charge in [0.1, 0.15) is 11.6 Å². The van der Waals surface area contributed by atoms with Crippen LogP contribution in [0.5, 0.6) is 0 Å². The number of anilines is 1. The summed E-state index contributed by atoms with van der Waals surface area (Å²) in [6.45, 7) is 2.20. The Balaban J connectivity index is 1.28. The number of carbonyl (C=O) groups is 3. The highest BCUT2D eigenvalue weighted by Gasteiger charge is 2.44. The van der Waals surface area contributed by atoms with Gasteiger partial charge >= 0.3 is 0 Å². The lowest BCUT2D eigenvalue weighted by molar-refractivity contribution is -0.122. The van der Waals surface area contributed by atoms with Gasteiger partial charge in [0.25, 0.3) is 11.8 Å². The molecular formula is C30H23N3O4S. The Bertz CT molecular complexity index is 1610. The van der Waals surface area contributed by atoms with E-state index < -0.39 is 11.9 Å². The molecule has 5 aromatic rings. The summed E-state index contributed by atoms with van der Waals surface area (Å²) >= 11 is 1.51. The van der Waals surface area contributed by atoms with Crippen LogP contribution < -0.4 is 4.90 Å². The standard InChI is InChI=1S/C30H23N3O4S/c1-19-8-10-21(11-9-19)29(35)32(18-23-5-4-16-38-23)25-17-27(34)33(30(25)36)22-14-12-20(13-15-22)28-31-24-6-2-3-7-26(24)37-28/h2-16,25H,17-18H2,1H3. The zero-order chi connectivity index (χ0) is 26.2. The number of aromatic nitrogens is 1. The molecule has 0 bridgehead atoms. The van der Waals surface area contributed by atoms with E-state index in [2.05, 4.69) is 4.98 Å². The first-order valence-corrected chi connectivity index (χ1v) is 13.1. The molecule has 2 aromatic heterocycles. The summed E-state index contributed by atoms with van der Waals surface area (Å²) < 4.78 is 5.83. The first kappa shape index (κ1) is 23.8. The number of oxazole rings is 1. The summed E-state index contributed by atoms with van der Waals surface area (Å²) in [5.74, 6) is -0.581. The quantitative estimate of drug-likeness (QED) is 0.262. The second kappa shape index (κ2) is 9.72. The average Bonchev–Trinajstić information content (AvgIpc) is 3.67. The largest absolute Gasteiger partial charge is 0.436 e. The van der Waals surface area contributed by atoms with Crippen molar-refractivity contribution in [2.45, 2.75) is 25.9 Å². The van der Waals surface area contributed by atoms with Crippen molar-refractivity contribution in [2.24, 2.45) is 0 Å². The molecule has 6 rings (SSSR count). The second-order valence-electron chi connectivity index (χ2n) is 9.20. The normalized spacial score (nSPS) is 15.4. The van der Waals surface area contributed by atoms with Crippen LogP contribution in [-0.2, 0) is 16.1 Å². The fourth-order valence-corrected chi connectivity index (χ4v) is 5.34. The van der Waals surface area contributed by atoms with Crippen molar-refractivity contribution in [1.82, 2.24) is 9.88 Å². The predicted molar refractivity (Wildman–Crippen MR) is 146 cm³/mol. The van der Waals surface area contributed by atoms with Gasteiger partial charge in [-0.25, -0.2) is 9.88 Å². The lowest BCUT2D eigenvalue weighted by Crippen LogP contribution is -2.45. The minimum atomic E-state index is -0.893. The van der Waals surface area contributed by atoms with Gasteiger partial charge in [0.15, 0.2) is 5.58 Å². The van der Waals surface area contributed by atoms with Gasteiger partial charge in [-0.05, 0) is 66.9 Å². The molecule has 3 heterocycles. The van der Waals surface area contributed by atoms with Gasteiger partial charge in [0, 0.05) is 16.0 Å². The fraction of sp³-hybridized carbons (Fsp3) is 0.133. The Kier molecular flexibility index (Phi) is 6.09. The number of aryl methyl sites for hydroxylation is 1. The minimum Gasteiger partial charge on any atom is -0.436 e. The molecule has 0 N–H and O–H groups in total. The number of benzene rings is 3. The van der Waals surface area contributed by atoms with E-state index in [0.29, 0.717) is 22.7 Å². The van der Waals surface area contributed by atoms with E-state index in [1.54, 1.807) is 36.4 Å². The number of thiophene rings is 1. The predicted octanol–water partition coefficient (Wildman–Crippen LogP) is 5.84. The zero-order valence-corrected chi connectivity index (χ0v) is 21.4. The van der Waals surface area contributed by atoms with Gasteiger partial charge in [0.05, 0.1) is 18.7 Å². The van der Waals surface area contributed by atoms with Crippen LogP contribution in [0.3, 0.4) is 0 Å². The molecular weight excluding hydrogens is 498 g/mol. The summed E-state index contributed by atoms with van der Waals surface area (Å²) in [7, 11) is 0. The summed E-state index contributed by atoms with van der Waals surface area (Å²) in [4.78, 5) is 48.5. The van der Waals surface area contributed by atoms with E-state index in [1.165, 1.54) is 21.1 Å². The Labute approximate surface area is 222 Å². The molecule has 0 spiro atoms. The van der Waals surface area contributed by atoms with Gasteiger partial charge in [-0.15, -0.1) is 11.3 Å². The van der Waals surface area contributed by atoms with E-state index in [1.807, 2.05) is 60.8 Å². The number of amides is 3. The van der Waals surface area contributed by atoms with E-state index in [4.69, 9.17) is 4.42 Å². The molecule has 38 heavy (non-hydrogen) atoms. The molecule has 0 radical (unpaired) electrons. The molecule has 1 aliphatic rings. The second-order valence-corrected chi connectivity index (χ2v) is 10.2. The number of hydrogen-bond donors (Lipinski definition) is 0. The maximum absolute atomic E-state index is 13.6. The molecule has 1 unspecified atom stereocenters. The molecule has 3 amide bonds. The molecule has 3 aromatic carbocycles. The van der Waals surface area contributed by atoms with Gasteiger partial charge < -0.3 is 9.32 Å². The number of para-hydroxylation sites is 2. The van der Waals surface area contributed by atoms with E-state index in [-0.39, 0.29) is 24.8 Å². The molecule has 1 fully saturated rings. The number of carbonyl (C=O) groups excluding carboxylic acids is 3. The molecule has 188 valence electrons. The molecule has 0 aliphatic carbocycles. The van der Waals surface area contributed by atoms with Crippen molar-refractivity contribution in [3.63, 3.8) is 0 Å². The highest BCUT2D eigenvalue weighted by atomic mass is 32.1. The van der Waals surface area contributed by atoms with Crippen LogP contribution in [0.25, 0.3) is 22.6 Å². The monoisotopic (exact) mass is 521 g/mol. The zero-order valence-electron chi connectivity index (χ0n) is 20.5. The SMILES string of the molecule is Cc1ccc(C(=O)N(Cc2cccs2)C2CC(=O)N(c3ccc(-c4nc5ccccc5o4)cc3)C2=O)cc1. The first-order chi connectivity index (χ1) is 18.5. The number of rotatable bonds is 6. The molecule has 1 aliphatic heterocycles. The molecule has 7 nitrogen and oxygen atoms in total. The van der Waals surface area contributed by atoms with Crippen molar-refractivity contribution in [3.05, 3.63) is 106 Å². The molecule has 8 heteroatoms. The van der Waals surface area contributed by atoms with Crippen LogP contribution in [-0.4, -0.2) is 33.6 Å². The lowest BCUT2D eigenvalue weighted by Gasteiger charge is -2.27. The van der Waals surface area contributed by atoms with Gasteiger partial charge in [-0.1, -0.05) is 35.9 Å². The van der Waals surface area contributed by atoms with Crippen molar-refractivity contribution in [1.29, 1.82) is 0 Å². The molecule has 0 saturated carbocycles. The highest BCUT2D eigenvalue weighted by Crippen LogP contribution is 2.31. The number of fused-ring (bicyclic) bond motifs is 1. The Morgan fingerprint density at radius 1 is 1.00 bits per heavy atom. The topological polar surface area (TPSA) is 83.7 Å². The number of nitrogens with zero attached hydrogens (tertiary/aromatic N) is 3.